The summed E-state index contributed by atoms with van der Waals surface area (Å²) in [5, 5.41) is 9.17. The molecule has 1 unspecified atom stereocenters. The molecule has 1 atom stereocenters. The zero-order valence-electron chi connectivity index (χ0n) is 12.9. The van der Waals surface area contributed by atoms with Gasteiger partial charge >= 0.3 is 0 Å². The van der Waals surface area contributed by atoms with Crippen LogP contribution >= 0.6 is 11.6 Å². The van der Waals surface area contributed by atoms with Gasteiger partial charge in [0.1, 0.15) is 0 Å². The molecule has 3 rings (SSSR count). The molecule has 1 aromatic heterocycles. The third-order valence-corrected chi connectivity index (χ3v) is 5.45. The minimum absolute atomic E-state index is 0.325. The van der Waals surface area contributed by atoms with Gasteiger partial charge < -0.3 is 5.32 Å². The van der Waals surface area contributed by atoms with Crippen LogP contribution in [0.15, 0.2) is 0 Å². The van der Waals surface area contributed by atoms with E-state index < -0.39 is 0 Å². The predicted molar refractivity (Wildman–Crippen MR) is 83.2 cm³/mol. The van der Waals surface area contributed by atoms with Crippen LogP contribution in [0.4, 0.5) is 0 Å². The Bertz CT molecular complexity index is 488. The molecular formula is C16H26ClN3. The van der Waals surface area contributed by atoms with Gasteiger partial charge in [-0.2, -0.15) is 5.10 Å². The third-order valence-electron chi connectivity index (χ3n) is 4.96. The van der Waals surface area contributed by atoms with Crippen molar-refractivity contribution in [3.05, 3.63) is 16.4 Å². The Balaban J connectivity index is 1.78. The van der Waals surface area contributed by atoms with E-state index in [9.17, 15) is 0 Å². The second-order valence-corrected chi connectivity index (χ2v) is 7.30. The molecule has 4 heteroatoms. The van der Waals surface area contributed by atoms with E-state index in [2.05, 4.69) is 28.9 Å². The van der Waals surface area contributed by atoms with Crippen molar-refractivity contribution in [2.75, 3.05) is 6.54 Å². The van der Waals surface area contributed by atoms with E-state index in [-0.39, 0.29) is 0 Å². The highest BCUT2D eigenvalue weighted by molar-refractivity contribution is 6.31. The van der Waals surface area contributed by atoms with Crippen molar-refractivity contribution in [3.63, 3.8) is 0 Å². The van der Waals surface area contributed by atoms with Gasteiger partial charge in [-0.3, -0.25) is 4.68 Å². The zero-order chi connectivity index (χ0) is 14.3. The average Bonchev–Trinajstić information content (AvgIpc) is 3.30. The molecule has 0 bridgehead atoms. The first-order valence-electron chi connectivity index (χ1n) is 7.98. The summed E-state index contributed by atoms with van der Waals surface area (Å²) in [4.78, 5) is 0. The number of hydrogen-bond donors (Lipinski definition) is 1. The summed E-state index contributed by atoms with van der Waals surface area (Å²) in [6, 6.07) is 0.779. The number of aryl methyl sites for hydroxylation is 2. The van der Waals surface area contributed by atoms with Crippen molar-refractivity contribution in [1.29, 1.82) is 0 Å². The highest BCUT2D eigenvalue weighted by Gasteiger charge is 2.43. The fourth-order valence-corrected chi connectivity index (χ4v) is 3.42. The molecule has 0 saturated heterocycles. The Morgan fingerprint density at radius 3 is 2.60 bits per heavy atom. The van der Waals surface area contributed by atoms with Crippen LogP contribution < -0.4 is 5.32 Å². The molecule has 20 heavy (non-hydrogen) atoms. The second kappa shape index (κ2) is 5.34. The quantitative estimate of drug-likeness (QED) is 0.833. The molecule has 2 saturated carbocycles. The lowest BCUT2D eigenvalue weighted by atomic mass is 9.80. The molecule has 0 spiro atoms. The van der Waals surface area contributed by atoms with Crippen LogP contribution in [-0.4, -0.2) is 22.4 Å². The lowest BCUT2D eigenvalue weighted by Gasteiger charge is -2.30. The molecule has 1 aromatic rings. The van der Waals surface area contributed by atoms with Crippen LogP contribution in [-0.2, 0) is 13.0 Å². The van der Waals surface area contributed by atoms with Crippen LogP contribution in [0.25, 0.3) is 0 Å². The minimum atomic E-state index is 0.325. The van der Waals surface area contributed by atoms with Gasteiger partial charge in [0.2, 0.25) is 0 Å². The summed E-state index contributed by atoms with van der Waals surface area (Å²) in [7, 11) is 0. The summed E-state index contributed by atoms with van der Waals surface area (Å²) in [6.07, 6.45) is 6.51. The van der Waals surface area contributed by atoms with Crippen LogP contribution in [0.3, 0.4) is 0 Å². The van der Waals surface area contributed by atoms with Crippen LogP contribution in [0, 0.1) is 18.3 Å². The Kier molecular flexibility index (Phi) is 3.85. The first-order valence-corrected chi connectivity index (χ1v) is 8.36. The summed E-state index contributed by atoms with van der Waals surface area (Å²) in [6.45, 7) is 8.60. The number of rotatable bonds is 7. The molecule has 112 valence electrons. The highest BCUT2D eigenvalue weighted by Crippen LogP contribution is 2.48. The highest BCUT2D eigenvalue weighted by atomic mass is 35.5. The first-order chi connectivity index (χ1) is 9.53. The molecule has 2 aliphatic carbocycles. The topological polar surface area (TPSA) is 29.9 Å². The minimum Gasteiger partial charge on any atom is -0.313 e. The standard InChI is InChI=1S/C16H26ClN3/c1-4-20-14(15(17)11(2)19-20)9-16(3,12-5-6-12)10-18-13-7-8-13/h12-13,18H,4-10H2,1-3H3. The number of nitrogens with zero attached hydrogens (tertiary/aromatic N) is 2. The third kappa shape index (κ3) is 2.89. The summed E-state index contributed by atoms with van der Waals surface area (Å²) < 4.78 is 2.09. The van der Waals surface area contributed by atoms with Crippen molar-refractivity contribution < 1.29 is 0 Å². The molecule has 1 heterocycles. The smallest absolute Gasteiger partial charge is 0.0847 e. The first kappa shape index (κ1) is 14.4. The molecule has 0 radical (unpaired) electrons. The molecule has 2 fully saturated rings. The molecule has 0 aromatic carbocycles. The number of halogens is 1. The lowest BCUT2D eigenvalue weighted by Crippen LogP contribution is -2.37. The molecule has 1 N–H and O–H groups in total. The van der Waals surface area contributed by atoms with Gasteiger partial charge in [-0.25, -0.2) is 0 Å². The Hall–Kier alpha value is -0.540. The van der Waals surface area contributed by atoms with E-state index in [1.54, 1.807) is 0 Å². The van der Waals surface area contributed by atoms with Crippen molar-refractivity contribution in [1.82, 2.24) is 15.1 Å². The van der Waals surface area contributed by atoms with Crippen molar-refractivity contribution in [2.24, 2.45) is 11.3 Å². The van der Waals surface area contributed by atoms with Gasteiger partial charge in [0.15, 0.2) is 0 Å². The van der Waals surface area contributed by atoms with E-state index in [4.69, 9.17) is 11.6 Å². The van der Waals surface area contributed by atoms with Crippen molar-refractivity contribution >= 4 is 11.6 Å². The monoisotopic (exact) mass is 295 g/mol. The van der Waals surface area contributed by atoms with Gasteiger partial charge in [-0.15, -0.1) is 0 Å². The number of aromatic nitrogens is 2. The maximum absolute atomic E-state index is 6.50. The van der Waals surface area contributed by atoms with E-state index in [0.717, 1.165) is 42.2 Å². The normalized spacial score (nSPS) is 22.0. The maximum atomic E-state index is 6.50. The molecule has 3 nitrogen and oxygen atoms in total. The Morgan fingerprint density at radius 2 is 2.05 bits per heavy atom. The van der Waals surface area contributed by atoms with Crippen LogP contribution in [0.2, 0.25) is 5.02 Å². The summed E-state index contributed by atoms with van der Waals surface area (Å²) in [5.41, 5.74) is 2.53. The Morgan fingerprint density at radius 1 is 1.35 bits per heavy atom. The molecule has 0 aliphatic heterocycles. The Labute approximate surface area is 127 Å². The summed E-state index contributed by atoms with van der Waals surface area (Å²) >= 11 is 6.50. The maximum Gasteiger partial charge on any atom is 0.0847 e. The number of hydrogen-bond acceptors (Lipinski definition) is 2. The van der Waals surface area contributed by atoms with E-state index >= 15 is 0 Å². The largest absolute Gasteiger partial charge is 0.313 e. The fraction of sp³-hybridized carbons (Fsp3) is 0.812. The fourth-order valence-electron chi connectivity index (χ4n) is 3.22. The molecule has 2 aliphatic rings. The van der Waals surface area contributed by atoms with Crippen molar-refractivity contribution in [2.45, 2.75) is 65.5 Å². The second-order valence-electron chi connectivity index (χ2n) is 6.92. The van der Waals surface area contributed by atoms with Crippen LogP contribution in [0.5, 0.6) is 0 Å². The van der Waals surface area contributed by atoms with Crippen molar-refractivity contribution in [3.8, 4) is 0 Å². The van der Waals surface area contributed by atoms with Gasteiger partial charge in [0, 0.05) is 19.1 Å². The lowest BCUT2D eigenvalue weighted by molar-refractivity contribution is 0.248. The van der Waals surface area contributed by atoms with E-state index in [0.29, 0.717) is 5.41 Å². The predicted octanol–water partition coefficient (Wildman–Crippen LogP) is 3.58. The SMILES string of the molecule is CCn1nc(C)c(Cl)c1CC(C)(CNC1CC1)C1CC1. The zero-order valence-corrected chi connectivity index (χ0v) is 13.6. The summed E-state index contributed by atoms with van der Waals surface area (Å²) in [5.74, 6) is 0.852. The number of nitrogens with one attached hydrogen (secondary N) is 1. The average molecular weight is 296 g/mol. The van der Waals surface area contributed by atoms with Gasteiger partial charge in [-0.1, -0.05) is 18.5 Å². The van der Waals surface area contributed by atoms with Gasteiger partial charge in [0.25, 0.3) is 0 Å². The van der Waals surface area contributed by atoms with Crippen LogP contribution in [0.1, 0.15) is 50.9 Å². The van der Waals surface area contributed by atoms with E-state index in [1.165, 1.54) is 31.4 Å². The molecule has 0 amide bonds. The van der Waals surface area contributed by atoms with E-state index in [1.807, 2.05) is 6.92 Å². The molecular weight excluding hydrogens is 270 g/mol. The van der Waals surface area contributed by atoms with Gasteiger partial charge in [0.05, 0.1) is 16.4 Å². The van der Waals surface area contributed by atoms with Gasteiger partial charge in [-0.05, 0) is 57.3 Å².